The van der Waals surface area contributed by atoms with E-state index in [4.69, 9.17) is 5.11 Å². The SMILES string of the molecule is CCCNC(C)C(C)SC(C)CCO. The zero-order valence-electron chi connectivity index (χ0n) is 9.92. The van der Waals surface area contributed by atoms with Crippen molar-refractivity contribution < 1.29 is 5.11 Å². The number of aliphatic hydroxyl groups is 1. The zero-order chi connectivity index (χ0) is 11.0. The van der Waals surface area contributed by atoms with E-state index in [2.05, 4.69) is 33.0 Å². The Bertz CT molecular complexity index is 132. The fraction of sp³-hybridized carbons (Fsp3) is 1.00. The van der Waals surface area contributed by atoms with E-state index in [1.165, 1.54) is 6.42 Å². The highest BCUT2D eigenvalue weighted by atomic mass is 32.2. The lowest BCUT2D eigenvalue weighted by molar-refractivity contribution is 0.288. The second-order valence-corrected chi connectivity index (χ2v) is 5.73. The summed E-state index contributed by atoms with van der Waals surface area (Å²) in [6.07, 6.45) is 2.09. The Morgan fingerprint density at radius 3 is 2.43 bits per heavy atom. The smallest absolute Gasteiger partial charge is 0.0441 e. The lowest BCUT2D eigenvalue weighted by Crippen LogP contribution is -2.35. The molecule has 0 rings (SSSR count). The van der Waals surface area contributed by atoms with Crippen molar-refractivity contribution in [2.24, 2.45) is 0 Å². The average Bonchev–Trinajstić information content (AvgIpc) is 2.14. The van der Waals surface area contributed by atoms with Gasteiger partial charge in [-0.3, -0.25) is 0 Å². The first-order valence-electron chi connectivity index (χ1n) is 5.61. The third kappa shape index (κ3) is 6.68. The number of hydrogen-bond donors (Lipinski definition) is 2. The van der Waals surface area contributed by atoms with Crippen LogP contribution in [0.4, 0.5) is 0 Å². The van der Waals surface area contributed by atoms with Crippen LogP contribution in [-0.4, -0.2) is 34.8 Å². The van der Waals surface area contributed by atoms with Crippen LogP contribution in [0.5, 0.6) is 0 Å². The van der Waals surface area contributed by atoms with Gasteiger partial charge >= 0.3 is 0 Å². The molecule has 0 fully saturated rings. The van der Waals surface area contributed by atoms with Crippen molar-refractivity contribution in [2.75, 3.05) is 13.2 Å². The summed E-state index contributed by atoms with van der Waals surface area (Å²) >= 11 is 1.96. The molecule has 0 aromatic carbocycles. The van der Waals surface area contributed by atoms with Gasteiger partial charge in [0.25, 0.3) is 0 Å². The summed E-state index contributed by atoms with van der Waals surface area (Å²) in [4.78, 5) is 0. The first-order chi connectivity index (χ1) is 6.61. The van der Waals surface area contributed by atoms with E-state index in [-0.39, 0.29) is 0 Å². The molecule has 0 radical (unpaired) electrons. The van der Waals surface area contributed by atoms with Gasteiger partial charge in [0, 0.05) is 23.1 Å². The summed E-state index contributed by atoms with van der Waals surface area (Å²) < 4.78 is 0. The van der Waals surface area contributed by atoms with E-state index < -0.39 is 0 Å². The van der Waals surface area contributed by atoms with Crippen LogP contribution in [-0.2, 0) is 0 Å². The Morgan fingerprint density at radius 2 is 1.93 bits per heavy atom. The molecule has 0 amide bonds. The van der Waals surface area contributed by atoms with Gasteiger partial charge in [0.1, 0.15) is 0 Å². The van der Waals surface area contributed by atoms with Gasteiger partial charge in [-0.25, -0.2) is 0 Å². The van der Waals surface area contributed by atoms with Crippen molar-refractivity contribution in [3.63, 3.8) is 0 Å². The molecule has 0 aliphatic carbocycles. The van der Waals surface area contributed by atoms with Gasteiger partial charge in [0.15, 0.2) is 0 Å². The quantitative estimate of drug-likeness (QED) is 0.657. The molecule has 3 unspecified atom stereocenters. The molecule has 0 aromatic rings. The van der Waals surface area contributed by atoms with E-state index in [1.807, 2.05) is 11.8 Å². The minimum absolute atomic E-state index is 0.303. The van der Waals surface area contributed by atoms with Crippen molar-refractivity contribution in [1.29, 1.82) is 0 Å². The predicted octanol–water partition coefficient (Wildman–Crippen LogP) is 2.27. The van der Waals surface area contributed by atoms with E-state index in [9.17, 15) is 0 Å². The highest BCUT2D eigenvalue weighted by Crippen LogP contribution is 2.22. The van der Waals surface area contributed by atoms with Crippen LogP contribution in [0.15, 0.2) is 0 Å². The van der Waals surface area contributed by atoms with Crippen molar-refractivity contribution in [3.8, 4) is 0 Å². The van der Waals surface area contributed by atoms with Crippen LogP contribution in [0.25, 0.3) is 0 Å². The highest BCUT2D eigenvalue weighted by Gasteiger charge is 2.14. The van der Waals surface area contributed by atoms with Gasteiger partial charge in [0.05, 0.1) is 0 Å². The summed E-state index contributed by atoms with van der Waals surface area (Å²) in [6, 6.07) is 0.557. The number of rotatable bonds is 8. The Balaban J connectivity index is 3.64. The van der Waals surface area contributed by atoms with Gasteiger partial charge < -0.3 is 10.4 Å². The molecular weight excluding hydrogens is 194 g/mol. The minimum atomic E-state index is 0.303. The number of aliphatic hydroxyl groups excluding tert-OH is 1. The maximum absolute atomic E-state index is 8.80. The number of nitrogens with one attached hydrogen (secondary N) is 1. The van der Waals surface area contributed by atoms with E-state index in [1.54, 1.807) is 0 Å². The summed E-state index contributed by atoms with van der Waals surface area (Å²) in [5, 5.41) is 13.5. The maximum atomic E-state index is 8.80. The Kier molecular flexibility index (Phi) is 8.73. The Morgan fingerprint density at radius 1 is 1.29 bits per heavy atom. The highest BCUT2D eigenvalue weighted by molar-refractivity contribution is 8.00. The van der Waals surface area contributed by atoms with Crippen LogP contribution in [0.3, 0.4) is 0 Å². The van der Waals surface area contributed by atoms with Crippen LogP contribution in [0.1, 0.15) is 40.5 Å². The van der Waals surface area contributed by atoms with Crippen LogP contribution >= 0.6 is 11.8 Å². The normalized spacial score (nSPS) is 17.8. The second-order valence-electron chi connectivity index (χ2n) is 3.91. The summed E-state index contributed by atoms with van der Waals surface area (Å²) in [5.74, 6) is 0. The molecule has 0 aromatic heterocycles. The van der Waals surface area contributed by atoms with Crippen LogP contribution in [0.2, 0.25) is 0 Å². The molecule has 0 aliphatic heterocycles. The van der Waals surface area contributed by atoms with Gasteiger partial charge in [-0.05, 0) is 26.3 Å². The second kappa shape index (κ2) is 8.57. The largest absolute Gasteiger partial charge is 0.396 e. The Hall–Kier alpha value is 0.270. The summed E-state index contributed by atoms with van der Waals surface area (Å²) in [5.41, 5.74) is 0. The van der Waals surface area contributed by atoms with E-state index >= 15 is 0 Å². The summed E-state index contributed by atoms with van der Waals surface area (Å²) in [7, 11) is 0. The lowest BCUT2D eigenvalue weighted by Gasteiger charge is -2.23. The van der Waals surface area contributed by atoms with Gasteiger partial charge in [0.2, 0.25) is 0 Å². The molecular formula is C11H25NOS. The molecule has 3 heteroatoms. The first kappa shape index (κ1) is 14.3. The van der Waals surface area contributed by atoms with E-state index in [0.717, 1.165) is 13.0 Å². The van der Waals surface area contributed by atoms with E-state index in [0.29, 0.717) is 23.1 Å². The van der Waals surface area contributed by atoms with Gasteiger partial charge in [-0.2, -0.15) is 11.8 Å². The van der Waals surface area contributed by atoms with Crippen molar-refractivity contribution in [2.45, 2.75) is 57.1 Å². The summed E-state index contributed by atoms with van der Waals surface area (Å²) in [6.45, 7) is 10.3. The average molecular weight is 219 g/mol. The molecule has 0 heterocycles. The third-order valence-corrected chi connectivity index (χ3v) is 3.94. The zero-order valence-corrected chi connectivity index (χ0v) is 10.7. The van der Waals surface area contributed by atoms with Gasteiger partial charge in [-0.15, -0.1) is 0 Å². The van der Waals surface area contributed by atoms with Crippen molar-refractivity contribution in [3.05, 3.63) is 0 Å². The third-order valence-electron chi connectivity index (χ3n) is 2.40. The monoisotopic (exact) mass is 219 g/mol. The fourth-order valence-corrected chi connectivity index (χ4v) is 2.58. The van der Waals surface area contributed by atoms with Crippen LogP contribution in [0, 0.1) is 0 Å². The molecule has 3 atom stereocenters. The molecule has 0 saturated heterocycles. The Labute approximate surface area is 92.9 Å². The fourth-order valence-electron chi connectivity index (χ4n) is 1.27. The van der Waals surface area contributed by atoms with Crippen LogP contribution < -0.4 is 5.32 Å². The molecule has 0 bridgehead atoms. The number of hydrogen-bond acceptors (Lipinski definition) is 3. The molecule has 14 heavy (non-hydrogen) atoms. The molecule has 0 saturated carbocycles. The minimum Gasteiger partial charge on any atom is -0.396 e. The lowest BCUT2D eigenvalue weighted by atomic mass is 10.2. The molecule has 0 aliphatic rings. The topological polar surface area (TPSA) is 32.3 Å². The molecule has 0 spiro atoms. The van der Waals surface area contributed by atoms with Crippen molar-refractivity contribution in [1.82, 2.24) is 5.32 Å². The first-order valence-corrected chi connectivity index (χ1v) is 6.55. The number of thioether (sulfide) groups is 1. The maximum Gasteiger partial charge on any atom is 0.0441 e. The molecule has 86 valence electrons. The molecule has 2 nitrogen and oxygen atoms in total. The molecule has 2 N–H and O–H groups in total. The van der Waals surface area contributed by atoms with Crippen molar-refractivity contribution >= 4 is 11.8 Å². The van der Waals surface area contributed by atoms with Gasteiger partial charge in [-0.1, -0.05) is 20.8 Å². The standard InChI is InChI=1S/C11H25NOS/c1-5-7-12-10(3)11(4)14-9(2)6-8-13/h9-13H,5-8H2,1-4H3. The predicted molar refractivity (Wildman–Crippen MR) is 66.0 cm³/mol.